The maximum absolute atomic E-state index is 6.31. The quantitative estimate of drug-likeness (QED) is 0.831. The summed E-state index contributed by atoms with van der Waals surface area (Å²) in [5.74, 6) is 0.766. The molecule has 2 rings (SSSR count). The molecular weight excluding hydrogens is 202 g/mol. The third kappa shape index (κ3) is 2.40. The Morgan fingerprint density at radius 3 is 2.62 bits per heavy atom. The largest absolute Gasteiger partial charge is 0.327 e. The van der Waals surface area contributed by atoms with Crippen LogP contribution in [0.5, 0.6) is 0 Å². The molecule has 0 amide bonds. The van der Waals surface area contributed by atoms with Crippen molar-refractivity contribution >= 4 is 0 Å². The van der Waals surface area contributed by atoms with E-state index in [2.05, 4.69) is 22.3 Å². The van der Waals surface area contributed by atoms with Gasteiger partial charge in [-0.2, -0.15) is 4.80 Å². The Labute approximate surface area is 96.4 Å². The lowest BCUT2D eigenvalue weighted by molar-refractivity contribution is 0.167. The lowest BCUT2D eigenvalue weighted by atomic mass is 9.70. The van der Waals surface area contributed by atoms with Crippen molar-refractivity contribution in [3.8, 4) is 0 Å². The van der Waals surface area contributed by atoms with Crippen LogP contribution >= 0.6 is 0 Å². The second-order valence-corrected chi connectivity index (χ2v) is 5.22. The summed E-state index contributed by atoms with van der Waals surface area (Å²) in [6.45, 7) is 2.30. The van der Waals surface area contributed by atoms with E-state index in [9.17, 15) is 0 Å². The molecule has 0 saturated heterocycles. The van der Waals surface area contributed by atoms with Gasteiger partial charge < -0.3 is 5.73 Å². The highest BCUT2D eigenvalue weighted by Crippen LogP contribution is 2.38. The number of aryl methyl sites for hydroxylation is 1. The van der Waals surface area contributed by atoms with Gasteiger partial charge in [0.25, 0.3) is 0 Å². The topological polar surface area (TPSA) is 69.6 Å². The van der Waals surface area contributed by atoms with Gasteiger partial charge in [0.2, 0.25) is 0 Å². The molecule has 0 spiro atoms. The van der Waals surface area contributed by atoms with Gasteiger partial charge in [0.05, 0.1) is 7.05 Å². The fourth-order valence-electron chi connectivity index (χ4n) is 2.58. The normalized spacial score (nSPS) is 21.9. The molecule has 0 radical (unpaired) electrons. The minimum absolute atomic E-state index is 0.150. The minimum Gasteiger partial charge on any atom is -0.327 e. The first kappa shape index (κ1) is 11.5. The second-order valence-electron chi connectivity index (χ2n) is 5.22. The summed E-state index contributed by atoms with van der Waals surface area (Å²) >= 11 is 0. The molecule has 0 bridgehead atoms. The molecule has 0 aliphatic heterocycles. The number of hydrogen-bond acceptors (Lipinski definition) is 4. The Balaban J connectivity index is 1.98. The minimum atomic E-state index is 0.150. The zero-order valence-electron chi connectivity index (χ0n) is 10.2. The molecule has 0 aromatic carbocycles. The van der Waals surface area contributed by atoms with Crippen molar-refractivity contribution in [3.05, 3.63) is 5.82 Å². The summed E-state index contributed by atoms with van der Waals surface area (Å²) in [6.07, 6.45) is 7.16. The monoisotopic (exact) mass is 223 g/mol. The maximum atomic E-state index is 6.31. The van der Waals surface area contributed by atoms with Crippen LogP contribution in [0.2, 0.25) is 0 Å². The van der Waals surface area contributed by atoms with E-state index in [1.54, 1.807) is 7.05 Å². The Hall–Kier alpha value is -0.970. The SMILES string of the molecule is Cn1nnc(CC(N)C2(C)CCCCC2)n1. The summed E-state index contributed by atoms with van der Waals surface area (Å²) in [5, 5.41) is 12.0. The third-order valence-corrected chi connectivity index (χ3v) is 3.84. The van der Waals surface area contributed by atoms with Crippen LogP contribution in [0.25, 0.3) is 0 Å². The average Bonchev–Trinajstić information content (AvgIpc) is 2.65. The summed E-state index contributed by atoms with van der Waals surface area (Å²) in [4.78, 5) is 1.49. The summed E-state index contributed by atoms with van der Waals surface area (Å²) < 4.78 is 0. The van der Waals surface area contributed by atoms with Crippen molar-refractivity contribution in [2.45, 2.75) is 51.5 Å². The van der Waals surface area contributed by atoms with Crippen LogP contribution in [0.1, 0.15) is 44.9 Å². The number of aromatic nitrogens is 4. The first-order valence-electron chi connectivity index (χ1n) is 6.09. The number of nitrogens with two attached hydrogens (primary N) is 1. The van der Waals surface area contributed by atoms with Crippen LogP contribution in [0.3, 0.4) is 0 Å². The van der Waals surface area contributed by atoms with Gasteiger partial charge in [0, 0.05) is 12.5 Å². The summed E-state index contributed by atoms with van der Waals surface area (Å²) in [7, 11) is 1.78. The van der Waals surface area contributed by atoms with Crippen LogP contribution in [0.15, 0.2) is 0 Å². The van der Waals surface area contributed by atoms with Gasteiger partial charge >= 0.3 is 0 Å². The van der Waals surface area contributed by atoms with E-state index < -0.39 is 0 Å². The van der Waals surface area contributed by atoms with E-state index in [1.807, 2.05) is 0 Å². The lowest BCUT2D eigenvalue weighted by Gasteiger charge is -2.38. The van der Waals surface area contributed by atoms with Crippen molar-refractivity contribution in [2.24, 2.45) is 18.2 Å². The highest BCUT2D eigenvalue weighted by atomic mass is 15.6. The van der Waals surface area contributed by atoms with Gasteiger partial charge in [0.1, 0.15) is 0 Å². The third-order valence-electron chi connectivity index (χ3n) is 3.84. The highest BCUT2D eigenvalue weighted by molar-refractivity contribution is 4.94. The molecular formula is C11H21N5. The standard InChI is InChI=1S/C11H21N5/c1-11(6-4-3-5-7-11)9(12)8-10-13-15-16(2)14-10/h9H,3-8,12H2,1-2H3. The van der Waals surface area contributed by atoms with Gasteiger partial charge in [-0.05, 0) is 23.5 Å². The van der Waals surface area contributed by atoms with Crippen molar-refractivity contribution in [3.63, 3.8) is 0 Å². The molecule has 1 aromatic heterocycles. The Morgan fingerprint density at radius 2 is 2.06 bits per heavy atom. The number of tetrazole rings is 1. The fourth-order valence-corrected chi connectivity index (χ4v) is 2.58. The number of hydrogen-bond donors (Lipinski definition) is 1. The summed E-state index contributed by atoms with van der Waals surface area (Å²) in [5.41, 5.74) is 6.57. The van der Waals surface area contributed by atoms with Gasteiger partial charge in [0.15, 0.2) is 5.82 Å². The predicted molar refractivity (Wildman–Crippen MR) is 61.7 cm³/mol. The zero-order chi connectivity index (χ0) is 11.6. The van der Waals surface area contributed by atoms with E-state index in [0.717, 1.165) is 12.2 Å². The van der Waals surface area contributed by atoms with Crippen LogP contribution in [-0.4, -0.2) is 26.2 Å². The fraction of sp³-hybridized carbons (Fsp3) is 0.909. The van der Waals surface area contributed by atoms with E-state index in [1.165, 1.54) is 36.9 Å². The molecule has 1 fully saturated rings. The van der Waals surface area contributed by atoms with Gasteiger partial charge in [-0.25, -0.2) is 0 Å². The average molecular weight is 223 g/mol. The van der Waals surface area contributed by atoms with Gasteiger partial charge in [-0.15, -0.1) is 10.2 Å². The molecule has 1 aliphatic rings. The van der Waals surface area contributed by atoms with Crippen molar-refractivity contribution in [1.29, 1.82) is 0 Å². The Kier molecular flexibility index (Phi) is 3.23. The second kappa shape index (κ2) is 4.49. The van der Waals surface area contributed by atoms with Crippen molar-refractivity contribution < 1.29 is 0 Å². The first-order valence-corrected chi connectivity index (χ1v) is 6.09. The zero-order valence-corrected chi connectivity index (χ0v) is 10.2. The van der Waals surface area contributed by atoms with E-state index in [-0.39, 0.29) is 11.5 Å². The van der Waals surface area contributed by atoms with E-state index in [0.29, 0.717) is 0 Å². The molecule has 1 unspecified atom stereocenters. The molecule has 2 N–H and O–H groups in total. The maximum Gasteiger partial charge on any atom is 0.176 e. The number of rotatable bonds is 3. The van der Waals surface area contributed by atoms with Crippen molar-refractivity contribution in [1.82, 2.24) is 20.2 Å². The van der Waals surface area contributed by atoms with Crippen LogP contribution < -0.4 is 5.73 Å². The van der Waals surface area contributed by atoms with Crippen LogP contribution in [0.4, 0.5) is 0 Å². The predicted octanol–water partition coefficient (Wildman–Crippen LogP) is 1.05. The lowest BCUT2D eigenvalue weighted by Crippen LogP contribution is -2.42. The molecule has 1 aromatic rings. The van der Waals surface area contributed by atoms with E-state index >= 15 is 0 Å². The van der Waals surface area contributed by atoms with E-state index in [4.69, 9.17) is 5.73 Å². The molecule has 5 nitrogen and oxygen atoms in total. The molecule has 1 aliphatic carbocycles. The molecule has 1 atom stereocenters. The van der Waals surface area contributed by atoms with Crippen molar-refractivity contribution in [2.75, 3.05) is 0 Å². The first-order chi connectivity index (χ1) is 7.60. The molecule has 5 heteroatoms. The Morgan fingerprint density at radius 1 is 1.38 bits per heavy atom. The Bertz CT molecular complexity index is 340. The highest BCUT2D eigenvalue weighted by Gasteiger charge is 2.33. The molecule has 16 heavy (non-hydrogen) atoms. The number of nitrogens with zero attached hydrogens (tertiary/aromatic N) is 4. The smallest absolute Gasteiger partial charge is 0.176 e. The molecule has 1 heterocycles. The van der Waals surface area contributed by atoms with Crippen LogP contribution in [0, 0.1) is 5.41 Å². The van der Waals surface area contributed by atoms with Gasteiger partial charge in [-0.3, -0.25) is 0 Å². The molecule has 1 saturated carbocycles. The summed E-state index contributed by atoms with van der Waals surface area (Å²) in [6, 6.07) is 0.150. The van der Waals surface area contributed by atoms with Gasteiger partial charge in [-0.1, -0.05) is 26.2 Å². The van der Waals surface area contributed by atoms with Crippen LogP contribution in [-0.2, 0) is 13.5 Å². The molecule has 90 valence electrons.